The number of rotatable bonds is 4. The van der Waals surface area contributed by atoms with Crippen molar-refractivity contribution >= 4 is 17.4 Å². The SMILES string of the molecule is CCn1ncc(Cl)c1C(=O)Cc1cccc(F)c1F. The molecule has 19 heavy (non-hydrogen) atoms. The Hall–Kier alpha value is -1.75. The molecule has 2 rings (SSSR count). The summed E-state index contributed by atoms with van der Waals surface area (Å²) in [5.41, 5.74) is 0.220. The average Bonchev–Trinajstić information content (AvgIpc) is 2.76. The Kier molecular flexibility index (Phi) is 3.95. The lowest BCUT2D eigenvalue weighted by Crippen LogP contribution is -2.13. The molecule has 0 atom stereocenters. The van der Waals surface area contributed by atoms with Crippen molar-refractivity contribution < 1.29 is 13.6 Å². The molecule has 0 aliphatic carbocycles. The summed E-state index contributed by atoms with van der Waals surface area (Å²) in [5.74, 6) is -2.37. The first-order valence-corrected chi connectivity index (χ1v) is 6.09. The highest BCUT2D eigenvalue weighted by atomic mass is 35.5. The van der Waals surface area contributed by atoms with Gasteiger partial charge in [-0.15, -0.1) is 0 Å². The number of halogens is 3. The second-order valence-electron chi connectivity index (χ2n) is 3.97. The number of carbonyl (C=O) groups excluding carboxylic acids is 1. The number of aromatic nitrogens is 2. The molecule has 3 nitrogen and oxygen atoms in total. The van der Waals surface area contributed by atoms with Crippen LogP contribution in [0.3, 0.4) is 0 Å². The van der Waals surface area contributed by atoms with Crippen LogP contribution in [0.2, 0.25) is 5.02 Å². The van der Waals surface area contributed by atoms with Crippen molar-refractivity contribution in [3.8, 4) is 0 Å². The molecule has 0 saturated carbocycles. The van der Waals surface area contributed by atoms with Crippen LogP contribution in [0.1, 0.15) is 23.0 Å². The average molecular weight is 285 g/mol. The first kappa shape index (κ1) is 13.7. The molecule has 100 valence electrons. The van der Waals surface area contributed by atoms with Crippen LogP contribution >= 0.6 is 11.6 Å². The van der Waals surface area contributed by atoms with Crippen molar-refractivity contribution in [3.63, 3.8) is 0 Å². The molecule has 0 fully saturated rings. The molecule has 1 heterocycles. The smallest absolute Gasteiger partial charge is 0.186 e. The zero-order chi connectivity index (χ0) is 14.0. The summed E-state index contributed by atoms with van der Waals surface area (Å²) in [6, 6.07) is 3.74. The summed E-state index contributed by atoms with van der Waals surface area (Å²) in [4.78, 5) is 12.1. The number of carbonyl (C=O) groups is 1. The minimum absolute atomic E-state index is 0.00456. The van der Waals surface area contributed by atoms with Crippen LogP contribution in [0.25, 0.3) is 0 Å². The van der Waals surface area contributed by atoms with E-state index in [4.69, 9.17) is 11.6 Å². The Morgan fingerprint density at radius 2 is 2.16 bits per heavy atom. The third-order valence-electron chi connectivity index (χ3n) is 2.74. The van der Waals surface area contributed by atoms with Gasteiger partial charge in [-0.3, -0.25) is 9.48 Å². The van der Waals surface area contributed by atoms with Gasteiger partial charge in [-0.2, -0.15) is 5.10 Å². The third kappa shape index (κ3) is 2.66. The molecule has 0 spiro atoms. The summed E-state index contributed by atoms with van der Waals surface area (Å²) in [6.45, 7) is 2.28. The number of nitrogens with zero attached hydrogens (tertiary/aromatic N) is 2. The van der Waals surface area contributed by atoms with E-state index in [1.165, 1.54) is 23.0 Å². The zero-order valence-corrected chi connectivity index (χ0v) is 10.9. The molecule has 0 bridgehead atoms. The van der Waals surface area contributed by atoms with Gasteiger partial charge in [0.05, 0.1) is 11.2 Å². The van der Waals surface area contributed by atoms with Crippen molar-refractivity contribution in [3.05, 3.63) is 52.3 Å². The second-order valence-corrected chi connectivity index (χ2v) is 4.38. The molecule has 0 aliphatic rings. The van der Waals surface area contributed by atoms with Crippen LogP contribution in [0.5, 0.6) is 0 Å². The Morgan fingerprint density at radius 1 is 1.42 bits per heavy atom. The van der Waals surface area contributed by atoms with E-state index in [0.717, 1.165) is 6.07 Å². The van der Waals surface area contributed by atoms with Gasteiger partial charge < -0.3 is 0 Å². The summed E-state index contributed by atoms with van der Waals surface area (Å²) >= 11 is 5.88. The van der Waals surface area contributed by atoms with Crippen LogP contribution in [0, 0.1) is 11.6 Å². The standard InChI is InChI=1S/C13H11ClF2N2O/c1-2-18-13(9(14)7-17-18)11(19)6-8-4-3-5-10(15)12(8)16/h3-5,7H,2,6H2,1H3. The predicted octanol–water partition coefficient (Wildman–Crippen LogP) is 3.26. The van der Waals surface area contributed by atoms with E-state index in [9.17, 15) is 13.6 Å². The van der Waals surface area contributed by atoms with Gasteiger partial charge in [-0.1, -0.05) is 23.7 Å². The van der Waals surface area contributed by atoms with Crippen LogP contribution in [-0.2, 0) is 13.0 Å². The maximum absolute atomic E-state index is 13.5. The van der Waals surface area contributed by atoms with Crippen molar-refractivity contribution in [1.82, 2.24) is 9.78 Å². The van der Waals surface area contributed by atoms with E-state index in [1.54, 1.807) is 0 Å². The van der Waals surface area contributed by atoms with E-state index in [0.29, 0.717) is 6.54 Å². The Morgan fingerprint density at radius 3 is 2.84 bits per heavy atom. The molecule has 6 heteroatoms. The van der Waals surface area contributed by atoms with Gasteiger partial charge in [0.1, 0.15) is 5.69 Å². The fourth-order valence-electron chi connectivity index (χ4n) is 1.82. The highest BCUT2D eigenvalue weighted by Gasteiger charge is 2.19. The maximum atomic E-state index is 13.5. The fourth-order valence-corrected chi connectivity index (χ4v) is 2.07. The lowest BCUT2D eigenvalue weighted by Gasteiger charge is -2.06. The van der Waals surface area contributed by atoms with Crippen molar-refractivity contribution in [2.45, 2.75) is 19.9 Å². The van der Waals surface area contributed by atoms with E-state index in [2.05, 4.69) is 5.10 Å². The van der Waals surface area contributed by atoms with Gasteiger partial charge in [0.2, 0.25) is 0 Å². The fraction of sp³-hybridized carbons (Fsp3) is 0.231. The number of Topliss-reactive ketones (excluding diaryl/α,β-unsaturated/α-hetero) is 1. The Bertz CT molecular complexity index is 625. The first-order chi connectivity index (χ1) is 9.04. The monoisotopic (exact) mass is 284 g/mol. The van der Waals surface area contributed by atoms with Gasteiger partial charge in [0, 0.05) is 13.0 Å². The number of aryl methyl sites for hydroxylation is 1. The van der Waals surface area contributed by atoms with Crippen LogP contribution < -0.4 is 0 Å². The number of ketones is 1. The Balaban J connectivity index is 2.31. The Labute approximate surface area is 113 Å². The first-order valence-electron chi connectivity index (χ1n) is 5.72. The van der Waals surface area contributed by atoms with Gasteiger partial charge >= 0.3 is 0 Å². The molecule has 2 aromatic rings. The molecule has 1 aromatic heterocycles. The van der Waals surface area contributed by atoms with E-state index >= 15 is 0 Å². The molecule has 0 N–H and O–H groups in total. The zero-order valence-electron chi connectivity index (χ0n) is 10.2. The molecular formula is C13H11ClF2N2O. The number of benzene rings is 1. The molecule has 0 radical (unpaired) electrons. The third-order valence-corrected chi connectivity index (χ3v) is 3.02. The van der Waals surface area contributed by atoms with Gasteiger partial charge in [0.15, 0.2) is 17.4 Å². The van der Waals surface area contributed by atoms with Gasteiger partial charge in [0.25, 0.3) is 0 Å². The van der Waals surface area contributed by atoms with Crippen LogP contribution in [0.4, 0.5) is 8.78 Å². The predicted molar refractivity (Wildman–Crippen MR) is 67.3 cm³/mol. The molecule has 0 unspecified atom stereocenters. The summed E-state index contributed by atoms with van der Waals surface area (Å²) in [7, 11) is 0. The maximum Gasteiger partial charge on any atom is 0.186 e. The number of hydrogen-bond donors (Lipinski definition) is 0. The molecule has 0 amide bonds. The summed E-state index contributed by atoms with van der Waals surface area (Å²) in [6.07, 6.45) is 1.11. The summed E-state index contributed by atoms with van der Waals surface area (Å²) in [5, 5.41) is 4.14. The van der Waals surface area contributed by atoms with Gasteiger partial charge in [-0.25, -0.2) is 8.78 Å². The largest absolute Gasteiger partial charge is 0.292 e. The van der Waals surface area contributed by atoms with E-state index < -0.39 is 17.4 Å². The highest BCUT2D eigenvalue weighted by molar-refractivity contribution is 6.33. The molecular weight excluding hydrogens is 274 g/mol. The quantitative estimate of drug-likeness (QED) is 0.808. The van der Waals surface area contributed by atoms with Crippen molar-refractivity contribution in [2.24, 2.45) is 0 Å². The second kappa shape index (κ2) is 5.48. The van der Waals surface area contributed by atoms with Crippen molar-refractivity contribution in [1.29, 1.82) is 0 Å². The van der Waals surface area contributed by atoms with Crippen LogP contribution in [0.15, 0.2) is 24.4 Å². The highest BCUT2D eigenvalue weighted by Crippen LogP contribution is 2.19. The minimum atomic E-state index is -1.01. The van der Waals surface area contributed by atoms with E-state index in [-0.39, 0.29) is 22.7 Å². The number of hydrogen-bond acceptors (Lipinski definition) is 2. The van der Waals surface area contributed by atoms with Gasteiger partial charge in [-0.05, 0) is 18.6 Å². The minimum Gasteiger partial charge on any atom is -0.292 e. The van der Waals surface area contributed by atoms with Crippen molar-refractivity contribution in [2.75, 3.05) is 0 Å². The molecule has 1 aromatic carbocycles. The normalized spacial score (nSPS) is 10.7. The topological polar surface area (TPSA) is 34.9 Å². The van der Waals surface area contributed by atoms with E-state index in [1.807, 2.05) is 6.92 Å². The lowest BCUT2D eigenvalue weighted by molar-refractivity contribution is 0.0981. The summed E-state index contributed by atoms with van der Waals surface area (Å²) < 4.78 is 28.0. The van der Waals surface area contributed by atoms with Crippen LogP contribution in [-0.4, -0.2) is 15.6 Å². The molecule has 0 saturated heterocycles. The lowest BCUT2D eigenvalue weighted by atomic mass is 10.1. The molecule has 0 aliphatic heterocycles.